The molecule has 43 heavy (non-hydrogen) atoms. The van der Waals surface area contributed by atoms with Crippen LogP contribution >= 0.6 is 11.6 Å². The Labute approximate surface area is 248 Å². The van der Waals surface area contributed by atoms with Gasteiger partial charge in [0, 0.05) is 51.0 Å². The van der Waals surface area contributed by atoms with E-state index in [0.29, 0.717) is 17.9 Å². The number of nitrogen functional groups attached to an aromatic ring is 1. The van der Waals surface area contributed by atoms with Gasteiger partial charge in [-0.2, -0.15) is 41.5 Å². The Balaban J connectivity index is 0.000000249. The van der Waals surface area contributed by atoms with Crippen LogP contribution in [0.5, 0.6) is 0 Å². The quantitative estimate of drug-likeness (QED) is 0.140. The van der Waals surface area contributed by atoms with Crippen LogP contribution in [0.2, 0.25) is 5.28 Å². The van der Waals surface area contributed by atoms with Gasteiger partial charge in [0.2, 0.25) is 11.2 Å². The Hall–Kier alpha value is -4.35. The fraction of sp³-hybridized carbons (Fsp3) is 0.417. The van der Waals surface area contributed by atoms with Crippen LogP contribution in [0.25, 0.3) is 0 Å². The molecule has 0 aliphatic rings. The third kappa shape index (κ3) is 10.5. The van der Waals surface area contributed by atoms with Crippen LogP contribution in [0.15, 0.2) is 37.2 Å². The second-order valence-electron chi connectivity index (χ2n) is 9.13. The van der Waals surface area contributed by atoms with Crippen molar-refractivity contribution < 1.29 is 26.3 Å². The number of nitrogens with zero attached hydrogens (tertiary/aromatic N) is 8. The highest BCUT2D eigenvalue weighted by Gasteiger charge is 2.35. The second-order valence-corrected chi connectivity index (χ2v) is 9.47. The lowest BCUT2D eigenvalue weighted by molar-refractivity contribution is -0.138. The van der Waals surface area contributed by atoms with E-state index in [9.17, 15) is 26.3 Å². The zero-order valence-corrected chi connectivity index (χ0v) is 24.7. The Kier molecular flexibility index (Phi) is 11.9. The van der Waals surface area contributed by atoms with Crippen LogP contribution in [0.1, 0.15) is 50.9 Å². The first-order chi connectivity index (χ1) is 20.0. The molecule has 19 heteroatoms. The first-order valence-electron chi connectivity index (χ1n) is 12.5. The van der Waals surface area contributed by atoms with Crippen molar-refractivity contribution in [2.45, 2.75) is 52.1 Å². The molecule has 0 saturated carbocycles. The van der Waals surface area contributed by atoms with Crippen molar-refractivity contribution in [3.05, 3.63) is 53.6 Å². The molecule has 0 amide bonds. The van der Waals surface area contributed by atoms with Crippen LogP contribution in [-0.4, -0.2) is 53.6 Å². The topological polar surface area (TPSA) is 149 Å². The lowest BCUT2D eigenvalue weighted by atomic mass is 10.3. The molecule has 0 bridgehead atoms. The van der Waals surface area contributed by atoms with Crippen molar-refractivity contribution >= 4 is 40.6 Å². The van der Waals surface area contributed by atoms with Crippen LogP contribution < -0.4 is 21.7 Å². The van der Waals surface area contributed by atoms with Gasteiger partial charge < -0.3 is 21.7 Å². The third-order valence-electron chi connectivity index (χ3n) is 5.17. The van der Waals surface area contributed by atoms with Crippen LogP contribution in [0.3, 0.4) is 0 Å². The van der Waals surface area contributed by atoms with Crippen molar-refractivity contribution in [1.29, 1.82) is 0 Å². The number of hydrogen-bond donors (Lipinski definition) is 4. The Morgan fingerprint density at radius 3 is 1.65 bits per heavy atom. The fourth-order valence-corrected chi connectivity index (χ4v) is 3.18. The molecular weight excluding hydrogens is 606 g/mol. The first kappa shape index (κ1) is 34.8. The molecule has 4 rings (SSSR count). The summed E-state index contributed by atoms with van der Waals surface area (Å²) in [5.74, 6) is -0.542. The molecule has 0 atom stereocenters. The van der Waals surface area contributed by atoms with E-state index in [1.54, 1.807) is 23.3 Å². The highest BCUT2D eigenvalue weighted by molar-refractivity contribution is 6.28. The van der Waals surface area contributed by atoms with E-state index in [-0.39, 0.29) is 28.9 Å². The third-order valence-corrected chi connectivity index (χ3v) is 5.35. The van der Waals surface area contributed by atoms with E-state index >= 15 is 0 Å². The van der Waals surface area contributed by atoms with E-state index in [4.69, 9.17) is 17.3 Å². The lowest BCUT2D eigenvalue weighted by Crippen LogP contribution is -2.12. The molecule has 4 aromatic heterocycles. The number of aromatic nitrogens is 8. The minimum Gasteiger partial charge on any atom is -0.396 e. The number of anilines is 5. The summed E-state index contributed by atoms with van der Waals surface area (Å²) in [6.07, 6.45) is -0.826. The molecule has 0 radical (unpaired) electrons. The van der Waals surface area contributed by atoms with Crippen LogP contribution in [0, 0.1) is 0 Å². The minimum atomic E-state index is -4.50. The predicted molar refractivity (Wildman–Crippen MR) is 151 cm³/mol. The largest absolute Gasteiger partial charge is 0.421 e. The Morgan fingerprint density at radius 1 is 0.744 bits per heavy atom. The summed E-state index contributed by atoms with van der Waals surface area (Å²) >= 11 is 5.32. The van der Waals surface area contributed by atoms with Gasteiger partial charge in [0.15, 0.2) is 0 Å². The normalized spacial score (nSPS) is 11.4. The van der Waals surface area contributed by atoms with E-state index in [2.05, 4.69) is 59.9 Å². The first-order valence-corrected chi connectivity index (χ1v) is 12.8. The molecule has 12 nitrogen and oxygen atoms in total. The van der Waals surface area contributed by atoms with Crippen molar-refractivity contribution in [2.75, 3.05) is 35.8 Å². The molecule has 0 aliphatic heterocycles. The number of nitrogens with two attached hydrogens (primary N) is 1. The van der Waals surface area contributed by atoms with Gasteiger partial charge in [-0.1, -0.05) is 0 Å². The standard InChI is InChI=1S/C12H15F3N6.C6H5ClF3N3.C6H11N3/c1-7(2)21-6-8(4-18-21)19-11-17-5-9(12(13,14)15)10(16-3)20-11;1-11-4-3(6(8,9)10)2-12-5(7)13-4;1-5(2)9-4-6(7)3-8-9/h4-7H,1-3H3,(H2,16,17,19,20);2H,1H3,(H,11,12,13);3-5H,7H2,1-2H3. The second kappa shape index (κ2) is 14.7. The van der Waals surface area contributed by atoms with Gasteiger partial charge in [0.05, 0.1) is 23.8 Å². The molecule has 0 unspecified atom stereocenters. The summed E-state index contributed by atoms with van der Waals surface area (Å²) in [7, 11) is 2.70. The molecule has 0 saturated heterocycles. The number of hydrogen-bond acceptors (Lipinski definition) is 10. The predicted octanol–water partition coefficient (Wildman–Crippen LogP) is 6.29. The van der Waals surface area contributed by atoms with E-state index < -0.39 is 23.5 Å². The maximum absolute atomic E-state index is 12.7. The van der Waals surface area contributed by atoms with Gasteiger partial charge in [-0.05, 0) is 39.3 Å². The van der Waals surface area contributed by atoms with Gasteiger partial charge in [-0.15, -0.1) is 0 Å². The molecule has 0 aliphatic carbocycles. The highest BCUT2D eigenvalue weighted by atomic mass is 35.5. The maximum Gasteiger partial charge on any atom is 0.421 e. The van der Waals surface area contributed by atoms with Crippen molar-refractivity contribution in [2.24, 2.45) is 0 Å². The van der Waals surface area contributed by atoms with E-state index in [1.165, 1.54) is 14.1 Å². The summed E-state index contributed by atoms with van der Waals surface area (Å²) in [4.78, 5) is 14.1. The fourth-order valence-electron chi connectivity index (χ4n) is 3.05. The number of halogens is 7. The molecule has 4 heterocycles. The summed E-state index contributed by atoms with van der Waals surface area (Å²) in [6.45, 7) is 8.05. The average Bonchev–Trinajstić information content (AvgIpc) is 3.57. The van der Waals surface area contributed by atoms with Crippen LogP contribution in [0.4, 0.5) is 55.3 Å². The van der Waals surface area contributed by atoms with Crippen molar-refractivity contribution in [3.8, 4) is 0 Å². The molecule has 4 aromatic rings. The lowest BCUT2D eigenvalue weighted by Gasteiger charge is -2.12. The molecule has 236 valence electrons. The minimum absolute atomic E-state index is 0.0654. The van der Waals surface area contributed by atoms with Crippen molar-refractivity contribution in [1.82, 2.24) is 39.5 Å². The van der Waals surface area contributed by atoms with E-state index in [0.717, 1.165) is 11.9 Å². The molecule has 0 aromatic carbocycles. The number of alkyl halides is 6. The van der Waals surface area contributed by atoms with Gasteiger partial charge in [-0.3, -0.25) is 9.36 Å². The zero-order chi connectivity index (χ0) is 32.5. The Bertz CT molecular complexity index is 1450. The Morgan fingerprint density at radius 2 is 1.23 bits per heavy atom. The van der Waals surface area contributed by atoms with Crippen LogP contribution in [-0.2, 0) is 12.4 Å². The molecule has 5 N–H and O–H groups in total. The van der Waals surface area contributed by atoms with Gasteiger partial charge in [0.25, 0.3) is 0 Å². The molecule has 0 fully saturated rings. The summed E-state index contributed by atoms with van der Waals surface area (Å²) in [5.41, 5.74) is 4.92. The van der Waals surface area contributed by atoms with Gasteiger partial charge in [-0.25, -0.2) is 15.0 Å². The van der Waals surface area contributed by atoms with Crippen molar-refractivity contribution in [3.63, 3.8) is 0 Å². The maximum atomic E-state index is 12.7. The summed E-state index contributed by atoms with van der Waals surface area (Å²) in [5, 5.41) is 15.4. The molecular formula is C24H31ClF6N12. The summed E-state index contributed by atoms with van der Waals surface area (Å²) < 4.78 is 78.4. The summed E-state index contributed by atoms with van der Waals surface area (Å²) in [6, 6.07) is 0.587. The monoisotopic (exact) mass is 636 g/mol. The molecule has 0 spiro atoms. The highest BCUT2D eigenvalue weighted by Crippen LogP contribution is 2.34. The average molecular weight is 637 g/mol. The van der Waals surface area contributed by atoms with Gasteiger partial charge in [0.1, 0.15) is 22.8 Å². The number of rotatable bonds is 6. The van der Waals surface area contributed by atoms with Gasteiger partial charge >= 0.3 is 12.4 Å². The smallest absolute Gasteiger partial charge is 0.396 e. The van der Waals surface area contributed by atoms with E-state index in [1.807, 2.05) is 24.7 Å². The number of nitrogens with one attached hydrogen (secondary N) is 3. The SMILES string of the molecule is CC(C)n1cc(N)cn1.CNc1nc(Cl)ncc1C(F)(F)F.CNc1nc(Nc2cnn(C(C)C)c2)ncc1C(F)(F)F. The zero-order valence-electron chi connectivity index (χ0n) is 23.9.